The molecule has 2 rings (SSSR count). The Kier molecular flexibility index (Phi) is 6.57. The number of rotatable bonds is 5. The van der Waals surface area contributed by atoms with Crippen LogP contribution in [0.4, 0.5) is 13.2 Å². The molecule has 0 saturated carbocycles. The van der Waals surface area contributed by atoms with Gasteiger partial charge in [0, 0.05) is 38.4 Å². The lowest BCUT2D eigenvalue weighted by Gasteiger charge is -2.35. The van der Waals surface area contributed by atoms with Gasteiger partial charge in [-0.05, 0) is 32.8 Å². The molecule has 1 atom stereocenters. The number of nitrogens with zero attached hydrogens (tertiary/aromatic N) is 3. The van der Waals surface area contributed by atoms with Gasteiger partial charge in [0.1, 0.15) is 11.7 Å². The number of hydrogen-bond acceptors (Lipinski definition) is 4. The number of halogens is 3. The summed E-state index contributed by atoms with van der Waals surface area (Å²) >= 11 is 0. The third-order valence-corrected chi connectivity index (χ3v) is 4.62. The number of carbonyl (C=O) groups excluding carboxylic acids is 1. The Balaban J connectivity index is 2.13. The smallest absolute Gasteiger partial charge is 0.349 e. The van der Waals surface area contributed by atoms with Crippen molar-refractivity contribution in [3.05, 3.63) is 17.5 Å². The zero-order valence-electron chi connectivity index (χ0n) is 16.7. The molecule has 0 aliphatic carbocycles. The molecule has 0 spiro atoms. The van der Waals surface area contributed by atoms with E-state index < -0.39 is 24.7 Å². The number of amides is 1. The first kappa shape index (κ1) is 21.7. The Labute approximate surface area is 158 Å². The van der Waals surface area contributed by atoms with Crippen molar-refractivity contribution in [1.29, 1.82) is 0 Å². The topological polar surface area (TPSA) is 62.2 Å². The number of hydrogen-bond donors (Lipinski definition) is 2. The number of carbonyl (C=O) groups is 1. The third-order valence-electron chi connectivity index (χ3n) is 4.62. The molecule has 1 aromatic rings. The van der Waals surface area contributed by atoms with Gasteiger partial charge in [0.2, 0.25) is 0 Å². The quantitative estimate of drug-likeness (QED) is 0.812. The highest BCUT2D eigenvalue weighted by Crippen LogP contribution is 2.26. The minimum atomic E-state index is -4.40. The highest BCUT2D eigenvalue weighted by molar-refractivity contribution is 5.92. The van der Waals surface area contributed by atoms with Gasteiger partial charge in [-0.25, -0.2) is 0 Å². The normalized spacial score (nSPS) is 18.0. The first-order valence-electron chi connectivity index (χ1n) is 9.31. The van der Waals surface area contributed by atoms with E-state index in [0.29, 0.717) is 26.2 Å². The maximum atomic E-state index is 13.5. The second-order valence-electron chi connectivity index (χ2n) is 8.25. The van der Waals surface area contributed by atoms with Crippen LogP contribution in [0.1, 0.15) is 56.7 Å². The molecule has 2 N–H and O–H groups in total. The molecule has 0 bridgehead atoms. The molecule has 1 aliphatic rings. The van der Waals surface area contributed by atoms with Crippen LogP contribution in [0.5, 0.6) is 0 Å². The molecule has 1 amide bonds. The van der Waals surface area contributed by atoms with Gasteiger partial charge < -0.3 is 10.6 Å². The summed E-state index contributed by atoms with van der Waals surface area (Å²) in [6.07, 6.45) is -4.40. The molecule has 1 aromatic heterocycles. The lowest BCUT2D eigenvalue weighted by atomic mass is 10.1. The molecule has 9 heteroatoms. The SMILES string of the molecule is CC(C)c1cc(C(=O)NCC(N2CCNCC2)C(F)(F)F)nn1C(C)(C)C. The van der Waals surface area contributed by atoms with Gasteiger partial charge in [-0.2, -0.15) is 18.3 Å². The molecular weight excluding hydrogens is 359 g/mol. The van der Waals surface area contributed by atoms with Crippen molar-refractivity contribution >= 4 is 5.91 Å². The van der Waals surface area contributed by atoms with E-state index in [-0.39, 0.29) is 17.2 Å². The predicted octanol–water partition coefficient (Wildman–Crippen LogP) is 2.33. The van der Waals surface area contributed by atoms with E-state index in [9.17, 15) is 18.0 Å². The zero-order valence-corrected chi connectivity index (χ0v) is 16.7. The van der Waals surface area contributed by atoms with Gasteiger partial charge in [0.05, 0.1) is 5.54 Å². The largest absolute Gasteiger partial charge is 0.405 e. The molecule has 27 heavy (non-hydrogen) atoms. The average molecular weight is 389 g/mol. The van der Waals surface area contributed by atoms with Crippen LogP contribution < -0.4 is 10.6 Å². The minimum Gasteiger partial charge on any atom is -0.349 e. The summed E-state index contributed by atoms with van der Waals surface area (Å²) in [4.78, 5) is 13.9. The molecule has 1 aliphatic heterocycles. The van der Waals surface area contributed by atoms with E-state index in [4.69, 9.17) is 0 Å². The average Bonchev–Trinajstić information content (AvgIpc) is 3.00. The summed E-state index contributed by atoms with van der Waals surface area (Å²) < 4.78 is 42.1. The van der Waals surface area contributed by atoms with E-state index in [2.05, 4.69) is 15.7 Å². The molecule has 1 fully saturated rings. The molecule has 0 aromatic carbocycles. The van der Waals surface area contributed by atoms with Crippen LogP contribution in [0.15, 0.2) is 6.07 Å². The van der Waals surface area contributed by atoms with Gasteiger partial charge in [-0.15, -0.1) is 0 Å². The van der Waals surface area contributed by atoms with Crippen molar-refractivity contribution in [1.82, 2.24) is 25.3 Å². The molecule has 1 saturated heterocycles. The fourth-order valence-corrected chi connectivity index (χ4v) is 3.18. The van der Waals surface area contributed by atoms with Crippen molar-refractivity contribution in [2.24, 2.45) is 0 Å². The molecule has 154 valence electrons. The second kappa shape index (κ2) is 8.18. The van der Waals surface area contributed by atoms with Gasteiger partial charge in [-0.1, -0.05) is 13.8 Å². The summed E-state index contributed by atoms with van der Waals surface area (Å²) in [7, 11) is 0. The molecule has 2 heterocycles. The first-order valence-corrected chi connectivity index (χ1v) is 9.31. The molecular formula is C18H30F3N5O. The summed E-state index contributed by atoms with van der Waals surface area (Å²) in [6, 6.07) is -0.0311. The highest BCUT2D eigenvalue weighted by atomic mass is 19.4. The van der Waals surface area contributed by atoms with Gasteiger partial charge in [0.25, 0.3) is 5.91 Å². The third kappa shape index (κ3) is 5.44. The molecule has 1 unspecified atom stereocenters. The fraction of sp³-hybridized carbons (Fsp3) is 0.778. The van der Waals surface area contributed by atoms with Crippen molar-refractivity contribution in [3.8, 4) is 0 Å². The van der Waals surface area contributed by atoms with Crippen LogP contribution in [-0.4, -0.2) is 65.5 Å². The summed E-state index contributed by atoms with van der Waals surface area (Å²) in [5.41, 5.74) is 0.699. The number of alkyl halides is 3. The summed E-state index contributed by atoms with van der Waals surface area (Å²) in [5, 5.41) is 9.83. The van der Waals surface area contributed by atoms with Crippen LogP contribution >= 0.6 is 0 Å². The van der Waals surface area contributed by atoms with E-state index in [1.54, 1.807) is 10.7 Å². The van der Waals surface area contributed by atoms with E-state index >= 15 is 0 Å². The standard InChI is InChI=1S/C18H30F3N5O/c1-12(2)14-10-13(24-26(14)17(3,4)5)16(27)23-11-15(18(19,20)21)25-8-6-22-7-9-25/h10,12,15,22H,6-9,11H2,1-5H3,(H,23,27). The Hall–Kier alpha value is -1.61. The molecule has 6 nitrogen and oxygen atoms in total. The molecule has 0 radical (unpaired) electrons. The number of piperazine rings is 1. The van der Waals surface area contributed by atoms with Crippen molar-refractivity contribution in [2.75, 3.05) is 32.7 Å². The first-order chi connectivity index (χ1) is 12.4. The van der Waals surface area contributed by atoms with Gasteiger partial charge >= 0.3 is 6.18 Å². The van der Waals surface area contributed by atoms with Crippen molar-refractivity contribution < 1.29 is 18.0 Å². The lowest BCUT2D eigenvalue weighted by Crippen LogP contribution is -2.57. The van der Waals surface area contributed by atoms with Gasteiger partial charge in [-0.3, -0.25) is 14.4 Å². The zero-order chi connectivity index (χ0) is 20.4. The van der Waals surface area contributed by atoms with E-state index in [1.807, 2.05) is 34.6 Å². The number of aromatic nitrogens is 2. The maximum absolute atomic E-state index is 13.5. The van der Waals surface area contributed by atoms with Crippen LogP contribution in [0, 0.1) is 0 Å². The fourth-order valence-electron chi connectivity index (χ4n) is 3.18. The Morgan fingerprint density at radius 2 is 1.85 bits per heavy atom. The Morgan fingerprint density at radius 1 is 1.26 bits per heavy atom. The van der Waals surface area contributed by atoms with Crippen molar-refractivity contribution in [3.63, 3.8) is 0 Å². The highest BCUT2D eigenvalue weighted by Gasteiger charge is 2.44. The van der Waals surface area contributed by atoms with Crippen LogP contribution in [0.2, 0.25) is 0 Å². The Bertz CT molecular complexity index is 642. The maximum Gasteiger partial charge on any atom is 0.405 e. The monoisotopic (exact) mass is 389 g/mol. The predicted molar refractivity (Wildman–Crippen MR) is 97.9 cm³/mol. The van der Waals surface area contributed by atoms with Crippen LogP contribution in [-0.2, 0) is 5.54 Å². The second-order valence-corrected chi connectivity index (χ2v) is 8.25. The number of nitrogens with one attached hydrogen (secondary N) is 2. The summed E-state index contributed by atoms with van der Waals surface area (Å²) in [5.74, 6) is -0.439. The van der Waals surface area contributed by atoms with E-state index in [1.165, 1.54) is 4.90 Å². The minimum absolute atomic E-state index is 0.141. The Morgan fingerprint density at radius 3 is 2.30 bits per heavy atom. The van der Waals surface area contributed by atoms with Gasteiger partial charge in [0.15, 0.2) is 0 Å². The van der Waals surface area contributed by atoms with Crippen LogP contribution in [0.25, 0.3) is 0 Å². The summed E-state index contributed by atoms with van der Waals surface area (Å²) in [6.45, 7) is 11.0. The van der Waals surface area contributed by atoms with Crippen molar-refractivity contribution in [2.45, 2.75) is 58.3 Å². The lowest BCUT2D eigenvalue weighted by molar-refractivity contribution is -0.183. The van der Waals surface area contributed by atoms with Crippen LogP contribution in [0.3, 0.4) is 0 Å². The van der Waals surface area contributed by atoms with E-state index in [0.717, 1.165) is 5.69 Å².